The average Bonchev–Trinajstić information content (AvgIpc) is 3.84. The molecule has 1 aliphatic heterocycles. The second-order valence-corrected chi connectivity index (χ2v) is 15.7. The highest BCUT2D eigenvalue weighted by atomic mass is 32.2. The van der Waals surface area contributed by atoms with E-state index < -0.39 is 10.1 Å². The van der Waals surface area contributed by atoms with E-state index in [4.69, 9.17) is 14.0 Å². The molecule has 16 heteroatoms. The van der Waals surface area contributed by atoms with E-state index in [0.717, 1.165) is 53.3 Å². The summed E-state index contributed by atoms with van der Waals surface area (Å²) in [5.41, 5.74) is 3.59. The van der Waals surface area contributed by atoms with Crippen molar-refractivity contribution in [2.24, 2.45) is 0 Å². The molecule has 276 valence electrons. The zero-order chi connectivity index (χ0) is 36.6. The molecule has 1 fully saturated rings. The molecule has 4 aromatic heterocycles. The molecule has 5 aromatic rings. The van der Waals surface area contributed by atoms with Crippen LogP contribution in [0.15, 0.2) is 60.9 Å². The molecule has 15 nitrogen and oxygen atoms in total. The van der Waals surface area contributed by atoms with Crippen LogP contribution >= 0.6 is 0 Å². The van der Waals surface area contributed by atoms with E-state index in [-0.39, 0.29) is 37.2 Å². The topological polar surface area (TPSA) is 163 Å². The third-order valence-electron chi connectivity index (χ3n) is 9.82. The summed E-state index contributed by atoms with van der Waals surface area (Å²) in [6.45, 7) is 8.72. The first-order valence-corrected chi connectivity index (χ1v) is 19.7. The van der Waals surface area contributed by atoms with Crippen LogP contribution in [0.2, 0.25) is 0 Å². The monoisotopic (exact) mass is 730 g/mol. The lowest BCUT2D eigenvalue weighted by Crippen LogP contribution is -2.44. The molecular formula is C36H46N10O5S. The highest BCUT2D eigenvalue weighted by Crippen LogP contribution is 2.39. The van der Waals surface area contributed by atoms with Gasteiger partial charge >= 0.3 is 6.03 Å². The Kier molecular flexibility index (Phi) is 9.94. The first-order chi connectivity index (χ1) is 24.9. The molecule has 2 N–H and O–H groups in total. The first kappa shape index (κ1) is 35.4. The lowest BCUT2D eigenvalue weighted by Gasteiger charge is -2.39. The molecular weight excluding hydrogens is 685 g/mol. The van der Waals surface area contributed by atoms with Crippen molar-refractivity contribution in [2.45, 2.75) is 96.5 Å². The summed E-state index contributed by atoms with van der Waals surface area (Å²) in [5.74, 6) is 2.61. The lowest BCUT2D eigenvalue weighted by molar-refractivity contribution is 0.171. The fourth-order valence-corrected chi connectivity index (χ4v) is 7.61. The fraction of sp³-hybridized carbons (Fsp3) is 0.472. The number of fused-ring (bicyclic) bond motifs is 2. The largest absolute Gasteiger partial charge is 0.484 e. The Hall–Kier alpha value is -4.96. The van der Waals surface area contributed by atoms with Gasteiger partial charge in [-0.05, 0) is 75.1 Å². The highest BCUT2D eigenvalue weighted by molar-refractivity contribution is 7.85. The first-order valence-electron chi connectivity index (χ1n) is 17.9. The molecule has 0 unspecified atom stereocenters. The number of piperidine rings is 1. The van der Waals surface area contributed by atoms with Crippen molar-refractivity contribution in [3.63, 3.8) is 0 Å². The van der Waals surface area contributed by atoms with E-state index in [1.54, 1.807) is 21.6 Å². The van der Waals surface area contributed by atoms with Gasteiger partial charge in [0.1, 0.15) is 17.7 Å². The number of urea groups is 1. The van der Waals surface area contributed by atoms with Crippen LogP contribution in [0, 0.1) is 0 Å². The van der Waals surface area contributed by atoms with Crippen LogP contribution in [0.5, 0.6) is 5.75 Å². The Morgan fingerprint density at radius 1 is 0.981 bits per heavy atom. The zero-order valence-corrected chi connectivity index (χ0v) is 31.0. The summed E-state index contributed by atoms with van der Waals surface area (Å²) in [4.78, 5) is 15.9. The van der Waals surface area contributed by atoms with Crippen molar-refractivity contribution in [3.8, 4) is 11.6 Å². The average molecular weight is 731 g/mol. The molecule has 0 spiro atoms. The van der Waals surface area contributed by atoms with Crippen molar-refractivity contribution >= 4 is 33.6 Å². The molecule has 1 saturated heterocycles. The molecule has 7 rings (SSSR count). The molecule has 0 saturated carbocycles. The van der Waals surface area contributed by atoms with Crippen LogP contribution in [0.1, 0.15) is 94.7 Å². The van der Waals surface area contributed by atoms with Crippen LogP contribution < -0.4 is 20.3 Å². The van der Waals surface area contributed by atoms with Gasteiger partial charge in [0.2, 0.25) is 5.95 Å². The number of anilines is 2. The number of amides is 2. The minimum atomic E-state index is -3.55. The van der Waals surface area contributed by atoms with E-state index in [2.05, 4.69) is 50.7 Å². The Morgan fingerprint density at radius 2 is 1.75 bits per heavy atom. The van der Waals surface area contributed by atoms with E-state index in [1.165, 1.54) is 6.42 Å². The van der Waals surface area contributed by atoms with Crippen molar-refractivity contribution in [1.82, 2.24) is 39.5 Å². The second-order valence-electron chi connectivity index (χ2n) is 14.1. The summed E-state index contributed by atoms with van der Waals surface area (Å²) < 4.78 is 39.4. The van der Waals surface area contributed by atoms with Gasteiger partial charge in [-0.25, -0.2) is 4.79 Å². The molecule has 2 aliphatic rings. The molecule has 0 radical (unpaired) electrons. The standard InChI is InChI=1S/C36H46N10O5S/c1-23(2)30-21-34(46(41-30)33-17-18-43(42-33)19-20-50-52(5,48)49)38-35(47)37-29-14-15-31(28-12-7-6-11-27(28)29)51-26-13-16-32-39-40-36(44(32)22-26)45-24(3)9-8-10-25(45)4/h6-7,11-13,16-18,21-25,29,31H,8-10,14-15,19-20H2,1-5H3,(H2,37,38,47)/t24-,25+,29-,31+/m0/s1. The van der Waals surface area contributed by atoms with E-state index in [9.17, 15) is 13.2 Å². The number of nitrogens with zero attached hydrogens (tertiary/aromatic N) is 8. The van der Waals surface area contributed by atoms with Gasteiger partial charge in [-0.2, -0.15) is 23.3 Å². The molecule has 1 aromatic carbocycles. The molecule has 2 amide bonds. The number of pyridine rings is 1. The second kappa shape index (κ2) is 14.6. The minimum absolute atomic E-state index is 0.0474. The third-order valence-corrected chi connectivity index (χ3v) is 10.4. The normalized spacial score (nSPS) is 20.6. The Bertz CT molecular complexity index is 2150. The summed E-state index contributed by atoms with van der Waals surface area (Å²) in [6.07, 6.45) is 9.34. The maximum Gasteiger partial charge on any atom is 0.320 e. The molecule has 1 aliphatic carbocycles. The van der Waals surface area contributed by atoms with Gasteiger partial charge < -0.3 is 15.0 Å². The predicted octanol–water partition coefficient (Wildman–Crippen LogP) is 5.76. The number of rotatable bonds is 11. The maximum absolute atomic E-state index is 13.6. The van der Waals surface area contributed by atoms with E-state index >= 15 is 0 Å². The maximum atomic E-state index is 13.6. The van der Waals surface area contributed by atoms with Crippen LogP contribution in [0.25, 0.3) is 11.5 Å². The number of carbonyl (C=O) groups excluding carboxylic acids is 1. The van der Waals surface area contributed by atoms with Crippen LogP contribution in [0.4, 0.5) is 16.6 Å². The summed E-state index contributed by atoms with van der Waals surface area (Å²) >= 11 is 0. The molecule has 5 heterocycles. The third kappa shape index (κ3) is 7.62. The predicted molar refractivity (Wildman–Crippen MR) is 196 cm³/mol. The smallest absolute Gasteiger partial charge is 0.320 e. The number of nitrogens with one attached hydrogen (secondary N) is 2. The molecule has 0 bridgehead atoms. The van der Waals surface area contributed by atoms with Gasteiger partial charge in [0.15, 0.2) is 11.5 Å². The Morgan fingerprint density at radius 3 is 2.50 bits per heavy atom. The van der Waals surface area contributed by atoms with Crippen LogP contribution in [-0.2, 0) is 20.8 Å². The zero-order valence-electron chi connectivity index (χ0n) is 30.1. The number of benzene rings is 1. The van der Waals surface area contributed by atoms with Gasteiger partial charge in [0, 0.05) is 30.4 Å². The number of hydrogen-bond donors (Lipinski definition) is 2. The minimum Gasteiger partial charge on any atom is -0.484 e. The number of carbonyl (C=O) groups is 1. The van der Waals surface area contributed by atoms with Crippen molar-refractivity contribution in [2.75, 3.05) is 23.1 Å². The summed E-state index contributed by atoms with van der Waals surface area (Å²) in [5, 5.41) is 24.4. The lowest BCUT2D eigenvalue weighted by atomic mass is 9.85. The van der Waals surface area contributed by atoms with Crippen molar-refractivity contribution < 1.29 is 22.1 Å². The number of hydrogen-bond acceptors (Lipinski definition) is 10. The summed E-state index contributed by atoms with van der Waals surface area (Å²) in [6, 6.07) is 15.7. The van der Waals surface area contributed by atoms with Crippen molar-refractivity contribution in [1.29, 1.82) is 0 Å². The summed E-state index contributed by atoms with van der Waals surface area (Å²) in [7, 11) is -3.55. The van der Waals surface area contributed by atoms with E-state index in [1.807, 2.05) is 60.8 Å². The quantitative estimate of drug-likeness (QED) is 0.160. The van der Waals surface area contributed by atoms with Gasteiger partial charge in [0.25, 0.3) is 10.1 Å². The van der Waals surface area contributed by atoms with Gasteiger partial charge in [-0.15, -0.1) is 10.2 Å². The van der Waals surface area contributed by atoms with Crippen molar-refractivity contribution in [3.05, 3.63) is 77.7 Å². The van der Waals surface area contributed by atoms with E-state index in [0.29, 0.717) is 36.6 Å². The van der Waals surface area contributed by atoms with Crippen LogP contribution in [-0.4, -0.2) is 73.6 Å². The van der Waals surface area contributed by atoms with Crippen LogP contribution in [0.3, 0.4) is 0 Å². The number of ether oxygens (including phenoxy) is 1. The molecule has 4 atom stereocenters. The molecule has 52 heavy (non-hydrogen) atoms. The van der Waals surface area contributed by atoms with Gasteiger partial charge in [-0.3, -0.25) is 18.6 Å². The SMILES string of the molecule is CC(C)c1cc(NC(=O)N[C@H]2CC[C@@H](Oc3ccc4nnc(N5[C@H](C)CCC[C@@H]5C)n4c3)c3ccccc32)n(-c2ccn(CCOS(C)(=O)=O)n2)n1. The van der Waals surface area contributed by atoms with Gasteiger partial charge in [0.05, 0.1) is 37.3 Å². The Labute approximate surface area is 303 Å². The number of aromatic nitrogens is 7. The Balaban J connectivity index is 1.05. The highest BCUT2D eigenvalue weighted by Gasteiger charge is 2.31. The fourth-order valence-electron chi connectivity index (χ4n) is 7.23. The van der Waals surface area contributed by atoms with Gasteiger partial charge in [-0.1, -0.05) is 38.1 Å².